The molecular weight excluding hydrogens is 376 g/mol. The minimum absolute atomic E-state index is 0.0800. The summed E-state index contributed by atoms with van der Waals surface area (Å²) < 4.78 is 6.26. The third-order valence-electron chi connectivity index (χ3n) is 3.58. The summed E-state index contributed by atoms with van der Waals surface area (Å²) in [5, 5.41) is 0.818. The Bertz CT molecular complexity index is 617. The number of rotatable bonds is 5. The molecule has 0 aliphatic carbocycles. The van der Waals surface area contributed by atoms with Gasteiger partial charge in [-0.1, -0.05) is 41.0 Å². The summed E-state index contributed by atoms with van der Waals surface area (Å²) in [5.74, 6) is 0.284. The number of methoxy groups -OCH3 is 1. The van der Waals surface area contributed by atoms with Gasteiger partial charge in [0.1, 0.15) is 5.75 Å². The van der Waals surface area contributed by atoms with Gasteiger partial charge in [-0.2, -0.15) is 4.99 Å². The van der Waals surface area contributed by atoms with E-state index in [9.17, 15) is 4.79 Å². The Balaban J connectivity index is 2.26. The van der Waals surface area contributed by atoms with Gasteiger partial charge in [0.15, 0.2) is 5.17 Å². The number of thioether (sulfide) groups is 1. The maximum Gasteiger partial charge on any atom is 0.283 e. The lowest BCUT2D eigenvalue weighted by atomic mass is 10.2. The monoisotopic (exact) mass is 398 g/mol. The molecular formula is C17H23BrN2O2S. The van der Waals surface area contributed by atoms with Gasteiger partial charge in [-0.15, -0.1) is 0 Å². The molecule has 126 valence electrons. The first kappa shape index (κ1) is 18.3. The number of amidine groups is 1. The summed E-state index contributed by atoms with van der Waals surface area (Å²) in [4.78, 5) is 19.2. The Labute approximate surface area is 150 Å². The van der Waals surface area contributed by atoms with Crippen molar-refractivity contribution >= 4 is 38.8 Å². The smallest absolute Gasteiger partial charge is 0.283 e. The molecule has 6 heteroatoms. The van der Waals surface area contributed by atoms with Crippen LogP contribution in [0.1, 0.15) is 44.0 Å². The van der Waals surface area contributed by atoms with Crippen LogP contribution in [0, 0.1) is 0 Å². The molecule has 23 heavy (non-hydrogen) atoms. The molecule has 0 atom stereocenters. The molecule has 1 fully saturated rings. The zero-order valence-corrected chi connectivity index (χ0v) is 16.5. The zero-order valence-electron chi connectivity index (χ0n) is 14.1. The predicted octanol–water partition coefficient (Wildman–Crippen LogP) is 4.58. The summed E-state index contributed by atoms with van der Waals surface area (Å²) >= 11 is 5.06. The first-order valence-corrected chi connectivity index (χ1v) is 9.38. The number of aliphatic imine (C=N–C) groups is 1. The minimum Gasteiger partial charge on any atom is -0.496 e. The van der Waals surface area contributed by atoms with Crippen molar-refractivity contribution in [1.82, 2.24) is 4.90 Å². The minimum atomic E-state index is -0.254. The van der Waals surface area contributed by atoms with Gasteiger partial charge in [0.05, 0.1) is 12.7 Å². The van der Waals surface area contributed by atoms with Crippen molar-refractivity contribution in [2.45, 2.75) is 38.4 Å². The normalized spacial score (nSPS) is 18.5. The number of unbranched alkanes of at least 4 members (excludes halogenated alkanes) is 1. The molecule has 0 saturated carbocycles. The maximum absolute atomic E-state index is 12.6. The van der Waals surface area contributed by atoms with Gasteiger partial charge in [-0.3, -0.25) is 4.79 Å². The van der Waals surface area contributed by atoms with E-state index in [-0.39, 0.29) is 10.7 Å². The molecule has 2 rings (SSSR count). The fourth-order valence-corrected chi connectivity index (χ4v) is 3.95. The number of carbonyl (C=O) groups excluding carboxylic acids is 1. The van der Waals surface area contributed by atoms with Gasteiger partial charge in [-0.05, 0) is 38.5 Å². The second-order valence-corrected chi connectivity index (χ2v) is 8.77. The quantitative estimate of drug-likeness (QED) is 0.727. The molecule has 0 aromatic heterocycles. The van der Waals surface area contributed by atoms with Gasteiger partial charge in [0.2, 0.25) is 0 Å². The molecule has 1 amide bonds. The van der Waals surface area contributed by atoms with Gasteiger partial charge >= 0.3 is 0 Å². The molecule has 1 aromatic rings. The van der Waals surface area contributed by atoms with Crippen molar-refractivity contribution < 1.29 is 9.53 Å². The van der Waals surface area contributed by atoms with Crippen molar-refractivity contribution in [3.63, 3.8) is 0 Å². The van der Waals surface area contributed by atoms with Crippen LogP contribution in [0.25, 0.3) is 0 Å². The number of ether oxygens (including phenoxy) is 1. The van der Waals surface area contributed by atoms with Gasteiger partial charge < -0.3 is 9.64 Å². The van der Waals surface area contributed by atoms with Crippen molar-refractivity contribution in [3.8, 4) is 5.75 Å². The van der Waals surface area contributed by atoms with Crippen molar-refractivity contribution in [2.24, 2.45) is 4.99 Å². The third-order valence-corrected chi connectivity index (χ3v) is 5.29. The molecule has 1 heterocycles. The highest BCUT2D eigenvalue weighted by atomic mass is 79.9. The standard InChI is InChI=1S/C17H23BrN2O2S/c1-5-6-9-20-11-17(2,3)23-16(20)19-15(21)13-8-7-12(18)10-14(13)22-4/h7-8,10H,5-6,9,11H2,1-4H3. The van der Waals surface area contributed by atoms with E-state index in [0.29, 0.717) is 11.3 Å². The summed E-state index contributed by atoms with van der Waals surface area (Å²) in [6.45, 7) is 8.40. The first-order valence-electron chi connectivity index (χ1n) is 7.77. The van der Waals surface area contributed by atoms with Crippen LogP contribution in [0.4, 0.5) is 0 Å². The molecule has 1 aliphatic rings. The van der Waals surface area contributed by atoms with Crippen LogP contribution in [-0.4, -0.2) is 40.9 Å². The van der Waals surface area contributed by atoms with E-state index in [2.05, 4.69) is 46.6 Å². The number of benzene rings is 1. The lowest BCUT2D eigenvalue weighted by Crippen LogP contribution is -2.30. The highest BCUT2D eigenvalue weighted by molar-refractivity contribution is 9.10. The lowest BCUT2D eigenvalue weighted by molar-refractivity contribution is 0.0999. The molecule has 0 spiro atoms. The van der Waals surface area contributed by atoms with Crippen LogP contribution in [-0.2, 0) is 0 Å². The first-order chi connectivity index (χ1) is 10.9. The molecule has 4 nitrogen and oxygen atoms in total. The Kier molecular flexibility index (Phi) is 6.14. The number of hydrogen-bond acceptors (Lipinski definition) is 3. The zero-order chi connectivity index (χ0) is 17.0. The SMILES string of the molecule is CCCCN1CC(C)(C)SC1=NC(=O)c1ccc(Br)cc1OC. The van der Waals surface area contributed by atoms with Crippen molar-refractivity contribution in [3.05, 3.63) is 28.2 Å². The van der Waals surface area contributed by atoms with E-state index < -0.39 is 0 Å². The van der Waals surface area contributed by atoms with Crippen LogP contribution in [0.15, 0.2) is 27.7 Å². The number of nitrogens with zero attached hydrogens (tertiary/aromatic N) is 2. The van der Waals surface area contributed by atoms with Crippen LogP contribution in [0.2, 0.25) is 0 Å². The Hall–Kier alpha value is -1.01. The Morgan fingerprint density at radius 1 is 1.48 bits per heavy atom. The largest absolute Gasteiger partial charge is 0.496 e. The van der Waals surface area contributed by atoms with E-state index in [1.54, 1.807) is 31.0 Å². The molecule has 0 bridgehead atoms. The van der Waals surface area contributed by atoms with E-state index in [0.717, 1.165) is 35.6 Å². The van der Waals surface area contributed by atoms with Crippen LogP contribution >= 0.6 is 27.7 Å². The summed E-state index contributed by atoms with van der Waals surface area (Å²) in [7, 11) is 1.56. The third kappa shape index (κ3) is 4.73. The molecule has 0 radical (unpaired) electrons. The van der Waals surface area contributed by atoms with Crippen LogP contribution < -0.4 is 4.74 Å². The lowest BCUT2D eigenvalue weighted by Gasteiger charge is -2.19. The van der Waals surface area contributed by atoms with E-state index in [1.807, 2.05) is 6.07 Å². The number of amides is 1. The molecule has 1 aromatic carbocycles. The van der Waals surface area contributed by atoms with Crippen LogP contribution in [0.5, 0.6) is 5.75 Å². The number of hydrogen-bond donors (Lipinski definition) is 0. The Morgan fingerprint density at radius 3 is 2.87 bits per heavy atom. The van der Waals surface area contributed by atoms with Gasteiger partial charge in [0, 0.05) is 22.3 Å². The van der Waals surface area contributed by atoms with Crippen LogP contribution in [0.3, 0.4) is 0 Å². The average Bonchev–Trinajstić information content (AvgIpc) is 2.78. The highest BCUT2D eigenvalue weighted by Gasteiger charge is 2.35. The fraction of sp³-hybridized carbons (Fsp3) is 0.529. The number of halogens is 1. The number of carbonyl (C=O) groups is 1. The molecule has 1 aliphatic heterocycles. The summed E-state index contributed by atoms with van der Waals surface area (Å²) in [5.41, 5.74) is 0.490. The maximum atomic E-state index is 12.6. The summed E-state index contributed by atoms with van der Waals surface area (Å²) in [6.07, 6.45) is 2.23. The second kappa shape index (κ2) is 7.71. The van der Waals surface area contributed by atoms with E-state index in [1.165, 1.54) is 0 Å². The molecule has 0 unspecified atom stereocenters. The van der Waals surface area contributed by atoms with Crippen molar-refractivity contribution in [2.75, 3.05) is 20.2 Å². The average molecular weight is 399 g/mol. The predicted molar refractivity (Wildman–Crippen MR) is 101 cm³/mol. The second-order valence-electron chi connectivity index (χ2n) is 6.18. The summed E-state index contributed by atoms with van der Waals surface area (Å²) in [6, 6.07) is 5.36. The van der Waals surface area contributed by atoms with Gasteiger partial charge in [0.25, 0.3) is 5.91 Å². The van der Waals surface area contributed by atoms with E-state index >= 15 is 0 Å². The molecule has 1 saturated heterocycles. The fourth-order valence-electron chi connectivity index (χ4n) is 2.48. The van der Waals surface area contributed by atoms with E-state index in [4.69, 9.17) is 4.74 Å². The highest BCUT2D eigenvalue weighted by Crippen LogP contribution is 2.36. The van der Waals surface area contributed by atoms with Gasteiger partial charge in [-0.25, -0.2) is 0 Å². The van der Waals surface area contributed by atoms with Crippen molar-refractivity contribution in [1.29, 1.82) is 0 Å². The molecule has 0 N–H and O–H groups in total. The topological polar surface area (TPSA) is 41.9 Å². The Morgan fingerprint density at radius 2 is 2.22 bits per heavy atom.